The van der Waals surface area contributed by atoms with E-state index in [2.05, 4.69) is 0 Å². The zero-order chi connectivity index (χ0) is 9.56. The van der Waals surface area contributed by atoms with Crippen LogP contribution >= 0.6 is 0 Å². The van der Waals surface area contributed by atoms with Crippen molar-refractivity contribution in [3.8, 4) is 0 Å². The van der Waals surface area contributed by atoms with Crippen LogP contribution in [0.1, 0.15) is 20.3 Å². The molecule has 0 rings (SSSR count). The third-order valence-corrected chi connectivity index (χ3v) is 1.20. The highest BCUT2D eigenvalue weighted by atomic mass is 16.5. The van der Waals surface area contributed by atoms with Crippen LogP contribution < -0.4 is 5.73 Å². The van der Waals surface area contributed by atoms with Gasteiger partial charge in [0.15, 0.2) is 0 Å². The predicted molar refractivity (Wildman–Crippen MR) is 45.2 cm³/mol. The molecule has 1 atom stereocenters. The standard InChI is InChI=1S/C8H15NO3/c1-6(9)5-8(11)12-7(2)3-4-10/h5,7,10H,3-4,9H2,1-2H3/b6-5-. The van der Waals surface area contributed by atoms with Crippen LogP contribution in [0.4, 0.5) is 0 Å². The van der Waals surface area contributed by atoms with E-state index in [0.717, 1.165) is 0 Å². The van der Waals surface area contributed by atoms with Gasteiger partial charge in [-0.15, -0.1) is 0 Å². The molecule has 0 spiro atoms. The van der Waals surface area contributed by atoms with Crippen LogP contribution in [-0.2, 0) is 9.53 Å². The Morgan fingerprint density at radius 2 is 2.33 bits per heavy atom. The molecule has 0 aromatic heterocycles. The van der Waals surface area contributed by atoms with Crippen molar-refractivity contribution in [1.29, 1.82) is 0 Å². The summed E-state index contributed by atoms with van der Waals surface area (Å²) < 4.78 is 4.85. The molecule has 0 heterocycles. The molecular weight excluding hydrogens is 158 g/mol. The molecule has 4 heteroatoms. The van der Waals surface area contributed by atoms with Gasteiger partial charge in [-0.3, -0.25) is 0 Å². The molecular formula is C8H15NO3. The largest absolute Gasteiger partial charge is 0.459 e. The Labute approximate surface area is 72.0 Å². The van der Waals surface area contributed by atoms with Crippen LogP contribution in [0.2, 0.25) is 0 Å². The Morgan fingerprint density at radius 3 is 2.75 bits per heavy atom. The van der Waals surface area contributed by atoms with Crippen molar-refractivity contribution in [1.82, 2.24) is 0 Å². The molecule has 4 nitrogen and oxygen atoms in total. The highest BCUT2D eigenvalue weighted by molar-refractivity contribution is 5.82. The minimum absolute atomic E-state index is 0.0137. The molecule has 0 saturated heterocycles. The Bertz CT molecular complexity index is 173. The molecule has 0 aliphatic heterocycles. The highest BCUT2D eigenvalue weighted by Gasteiger charge is 2.05. The van der Waals surface area contributed by atoms with Crippen LogP contribution in [0.15, 0.2) is 11.8 Å². The highest BCUT2D eigenvalue weighted by Crippen LogP contribution is 1.97. The Kier molecular flexibility index (Phi) is 5.12. The summed E-state index contributed by atoms with van der Waals surface area (Å²) in [6.45, 7) is 3.34. The van der Waals surface area contributed by atoms with E-state index in [1.54, 1.807) is 13.8 Å². The van der Waals surface area contributed by atoms with Gasteiger partial charge in [0, 0.05) is 24.8 Å². The van der Waals surface area contributed by atoms with Crippen molar-refractivity contribution in [3.05, 3.63) is 11.8 Å². The third-order valence-electron chi connectivity index (χ3n) is 1.20. The van der Waals surface area contributed by atoms with Gasteiger partial charge in [-0.25, -0.2) is 4.79 Å². The Morgan fingerprint density at radius 1 is 1.75 bits per heavy atom. The average molecular weight is 173 g/mol. The van der Waals surface area contributed by atoms with Gasteiger partial charge in [0.25, 0.3) is 0 Å². The molecule has 0 aliphatic rings. The number of ether oxygens (including phenoxy) is 1. The van der Waals surface area contributed by atoms with Gasteiger partial charge in [-0.1, -0.05) is 0 Å². The van der Waals surface area contributed by atoms with E-state index in [1.165, 1.54) is 6.08 Å². The van der Waals surface area contributed by atoms with Gasteiger partial charge in [0.2, 0.25) is 0 Å². The van der Waals surface area contributed by atoms with E-state index in [0.29, 0.717) is 12.1 Å². The van der Waals surface area contributed by atoms with Gasteiger partial charge < -0.3 is 15.6 Å². The summed E-state index contributed by atoms with van der Waals surface area (Å²) in [7, 11) is 0. The number of nitrogens with two attached hydrogens (primary N) is 1. The normalized spacial score (nSPS) is 14.1. The predicted octanol–water partition coefficient (Wildman–Crippen LogP) is 0.163. The molecule has 0 radical (unpaired) electrons. The maximum Gasteiger partial charge on any atom is 0.332 e. The second kappa shape index (κ2) is 5.60. The van der Waals surface area contributed by atoms with Crippen molar-refractivity contribution in [3.63, 3.8) is 0 Å². The van der Waals surface area contributed by atoms with Crippen molar-refractivity contribution in [2.75, 3.05) is 6.61 Å². The number of aliphatic hydroxyl groups is 1. The second-order valence-electron chi connectivity index (χ2n) is 2.65. The molecule has 0 aliphatic carbocycles. The van der Waals surface area contributed by atoms with Crippen LogP contribution in [-0.4, -0.2) is 23.8 Å². The summed E-state index contributed by atoms with van der Waals surface area (Å²) >= 11 is 0. The minimum atomic E-state index is -0.462. The number of allylic oxidation sites excluding steroid dienone is 1. The summed E-state index contributed by atoms with van der Waals surface area (Å²) in [4.78, 5) is 10.9. The van der Waals surface area contributed by atoms with Crippen molar-refractivity contribution in [2.45, 2.75) is 26.4 Å². The van der Waals surface area contributed by atoms with E-state index in [1.807, 2.05) is 0 Å². The molecule has 0 aromatic carbocycles. The molecule has 0 saturated carbocycles. The maximum atomic E-state index is 10.9. The third kappa shape index (κ3) is 5.73. The lowest BCUT2D eigenvalue weighted by molar-refractivity contribution is -0.142. The summed E-state index contributed by atoms with van der Waals surface area (Å²) in [6, 6.07) is 0. The average Bonchev–Trinajstić information content (AvgIpc) is 1.84. The molecule has 0 bridgehead atoms. The molecule has 12 heavy (non-hydrogen) atoms. The van der Waals surface area contributed by atoms with E-state index in [9.17, 15) is 4.79 Å². The zero-order valence-electron chi connectivity index (χ0n) is 7.41. The summed E-state index contributed by atoms with van der Waals surface area (Å²) in [6.07, 6.45) is 1.40. The number of hydrogen-bond donors (Lipinski definition) is 2. The Balaban J connectivity index is 3.77. The molecule has 0 fully saturated rings. The fraction of sp³-hybridized carbons (Fsp3) is 0.625. The lowest BCUT2D eigenvalue weighted by Crippen LogP contribution is -2.15. The van der Waals surface area contributed by atoms with E-state index in [4.69, 9.17) is 15.6 Å². The number of carbonyl (C=O) groups excluding carboxylic acids is 1. The lowest BCUT2D eigenvalue weighted by Gasteiger charge is -2.09. The van der Waals surface area contributed by atoms with Crippen LogP contribution in [0.5, 0.6) is 0 Å². The molecule has 0 amide bonds. The quantitative estimate of drug-likeness (QED) is 0.469. The van der Waals surface area contributed by atoms with E-state index < -0.39 is 5.97 Å². The molecule has 1 unspecified atom stereocenters. The van der Waals surface area contributed by atoms with Crippen LogP contribution in [0, 0.1) is 0 Å². The fourth-order valence-electron chi connectivity index (χ4n) is 0.659. The zero-order valence-corrected chi connectivity index (χ0v) is 7.41. The summed E-state index contributed by atoms with van der Waals surface area (Å²) in [5.74, 6) is -0.462. The first-order chi connectivity index (χ1) is 5.56. The van der Waals surface area contributed by atoms with Gasteiger partial charge in [0.05, 0.1) is 0 Å². The first-order valence-electron chi connectivity index (χ1n) is 3.81. The number of hydrogen-bond acceptors (Lipinski definition) is 4. The Hall–Kier alpha value is -1.03. The molecule has 0 aromatic rings. The van der Waals surface area contributed by atoms with Crippen LogP contribution in [0.25, 0.3) is 0 Å². The summed E-state index contributed by atoms with van der Waals surface area (Å²) in [5, 5.41) is 8.50. The second-order valence-corrected chi connectivity index (χ2v) is 2.65. The van der Waals surface area contributed by atoms with Crippen molar-refractivity contribution in [2.24, 2.45) is 5.73 Å². The van der Waals surface area contributed by atoms with E-state index >= 15 is 0 Å². The van der Waals surface area contributed by atoms with E-state index in [-0.39, 0.29) is 12.7 Å². The number of aliphatic hydroxyl groups excluding tert-OH is 1. The van der Waals surface area contributed by atoms with Crippen LogP contribution in [0.3, 0.4) is 0 Å². The molecule has 70 valence electrons. The topological polar surface area (TPSA) is 72.6 Å². The summed E-state index contributed by atoms with van der Waals surface area (Å²) in [5.41, 5.74) is 5.67. The van der Waals surface area contributed by atoms with Gasteiger partial charge in [-0.2, -0.15) is 0 Å². The molecule has 3 N–H and O–H groups in total. The van der Waals surface area contributed by atoms with Crippen molar-refractivity contribution < 1.29 is 14.6 Å². The SMILES string of the molecule is C/C(N)=C/C(=O)OC(C)CCO. The minimum Gasteiger partial charge on any atom is -0.459 e. The van der Waals surface area contributed by atoms with Gasteiger partial charge in [0.1, 0.15) is 6.10 Å². The van der Waals surface area contributed by atoms with Gasteiger partial charge in [-0.05, 0) is 13.8 Å². The van der Waals surface area contributed by atoms with Crippen molar-refractivity contribution >= 4 is 5.97 Å². The number of esters is 1. The number of rotatable bonds is 4. The first-order valence-corrected chi connectivity index (χ1v) is 3.81. The maximum absolute atomic E-state index is 10.9. The fourth-order valence-corrected chi connectivity index (χ4v) is 0.659. The monoisotopic (exact) mass is 173 g/mol. The first kappa shape index (κ1) is 11.0. The number of carbonyl (C=O) groups is 1. The smallest absolute Gasteiger partial charge is 0.332 e. The lowest BCUT2D eigenvalue weighted by atomic mass is 10.3. The van der Waals surface area contributed by atoms with Gasteiger partial charge >= 0.3 is 5.97 Å².